The lowest BCUT2D eigenvalue weighted by molar-refractivity contribution is -0.137. The maximum absolute atomic E-state index is 10.6. The monoisotopic (exact) mass is 411 g/mol. The van der Waals surface area contributed by atoms with E-state index in [1.165, 1.54) is 62.5 Å². The van der Waals surface area contributed by atoms with Gasteiger partial charge < -0.3 is 9.84 Å². The number of rotatable bonds is 8. The number of carboxylic acids is 1. The normalized spacial score (nSPS) is 22.2. The lowest BCUT2D eigenvalue weighted by atomic mass is 9.72. The molecule has 4 heteroatoms. The third-order valence-electron chi connectivity index (χ3n) is 7.59. The van der Waals surface area contributed by atoms with E-state index in [9.17, 15) is 4.79 Å². The van der Waals surface area contributed by atoms with Crippen molar-refractivity contribution in [3.05, 3.63) is 35.9 Å². The van der Waals surface area contributed by atoms with E-state index < -0.39 is 5.97 Å². The summed E-state index contributed by atoms with van der Waals surface area (Å²) in [6, 6.07) is 8.72. The summed E-state index contributed by atoms with van der Waals surface area (Å²) in [6.07, 6.45) is 16.7. The van der Waals surface area contributed by atoms with Gasteiger partial charge in [0.25, 0.3) is 0 Å². The highest BCUT2D eigenvalue weighted by Crippen LogP contribution is 2.49. The number of hydrogen-bond donors (Lipinski definition) is 1. The largest absolute Gasteiger partial charge is 0.490 e. The number of benzene rings is 1. The number of hydrogen-bond acceptors (Lipinski definition) is 3. The van der Waals surface area contributed by atoms with Gasteiger partial charge in [0.2, 0.25) is 0 Å². The minimum atomic E-state index is -0.690. The Labute approximate surface area is 181 Å². The van der Waals surface area contributed by atoms with E-state index in [0.29, 0.717) is 11.5 Å². The first-order chi connectivity index (χ1) is 14.6. The number of carboxylic acid groups (broad SMARTS) is 1. The molecule has 2 fully saturated rings. The van der Waals surface area contributed by atoms with Gasteiger partial charge in [0.15, 0.2) is 0 Å². The maximum Gasteiger partial charge on any atom is 0.303 e. The summed E-state index contributed by atoms with van der Waals surface area (Å²) in [5.74, 6) is 0.326. The molecule has 0 amide bonds. The second-order valence-electron chi connectivity index (χ2n) is 9.68. The topological polar surface area (TPSA) is 49.8 Å². The highest BCUT2D eigenvalue weighted by Gasteiger charge is 2.38. The highest BCUT2D eigenvalue weighted by molar-refractivity contribution is 5.67. The fraction of sp³-hybridized carbons (Fsp3) is 0.654. The third-order valence-corrected chi connectivity index (χ3v) is 7.59. The molecule has 0 unspecified atom stereocenters. The van der Waals surface area contributed by atoms with E-state index in [1.807, 2.05) is 0 Å². The first-order valence-electron chi connectivity index (χ1n) is 12.0. The molecule has 1 heterocycles. The Morgan fingerprint density at radius 2 is 1.80 bits per heavy atom. The number of carbonyl (C=O) groups is 1. The molecular formula is C26H37NO3. The molecule has 0 bridgehead atoms. The van der Waals surface area contributed by atoms with E-state index in [-0.39, 0.29) is 6.42 Å². The smallest absolute Gasteiger partial charge is 0.303 e. The zero-order chi connectivity index (χ0) is 20.8. The average molecular weight is 412 g/mol. The molecule has 0 saturated heterocycles. The van der Waals surface area contributed by atoms with Gasteiger partial charge in [-0.3, -0.25) is 9.69 Å². The van der Waals surface area contributed by atoms with Gasteiger partial charge in [-0.25, -0.2) is 0 Å². The first kappa shape index (κ1) is 21.4. The summed E-state index contributed by atoms with van der Waals surface area (Å²) in [7, 11) is 0. The Morgan fingerprint density at radius 1 is 1.07 bits per heavy atom. The Bertz CT molecular complexity index is 723. The minimum absolute atomic E-state index is 0.283. The summed E-state index contributed by atoms with van der Waals surface area (Å²) >= 11 is 0. The van der Waals surface area contributed by atoms with Crippen LogP contribution in [0.1, 0.15) is 82.6 Å². The van der Waals surface area contributed by atoms with E-state index in [4.69, 9.17) is 9.84 Å². The molecule has 2 saturated carbocycles. The zero-order valence-corrected chi connectivity index (χ0v) is 18.3. The number of ether oxygens (including phenoxy) is 1. The first-order valence-corrected chi connectivity index (χ1v) is 12.0. The Balaban J connectivity index is 1.21. The van der Waals surface area contributed by atoms with Crippen molar-refractivity contribution >= 4 is 11.5 Å². The Kier molecular flexibility index (Phi) is 7.14. The number of unbranched alkanes of at least 4 members (excludes halogenated alkanes) is 1. The van der Waals surface area contributed by atoms with Gasteiger partial charge in [0.1, 0.15) is 5.75 Å². The van der Waals surface area contributed by atoms with E-state index in [0.717, 1.165) is 44.6 Å². The maximum atomic E-state index is 10.6. The molecule has 30 heavy (non-hydrogen) atoms. The average Bonchev–Trinajstić information content (AvgIpc) is 3.22. The van der Waals surface area contributed by atoms with Crippen molar-refractivity contribution in [1.82, 2.24) is 4.90 Å². The molecule has 4 rings (SSSR count). The van der Waals surface area contributed by atoms with Crippen molar-refractivity contribution in [2.75, 3.05) is 19.6 Å². The number of aliphatic carboxylic acids is 1. The molecule has 164 valence electrons. The van der Waals surface area contributed by atoms with Crippen LogP contribution >= 0.6 is 0 Å². The van der Waals surface area contributed by atoms with Crippen molar-refractivity contribution in [1.29, 1.82) is 0 Å². The molecule has 1 N–H and O–H groups in total. The summed E-state index contributed by atoms with van der Waals surface area (Å²) in [5.41, 5.74) is 3.40. The van der Waals surface area contributed by atoms with Crippen LogP contribution in [0.25, 0.3) is 5.57 Å². The Morgan fingerprint density at radius 3 is 2.43 bits per heavy atom. The van der Waals surface area contributed by atoms with Gasteiger partial charge in [0.05, 0.1) is 6.10 Å². The van der Waals surface area contributed by atoms with Crippen molar-refractivity contribution in [2.24, 2.45) is 5.41 Å². The van der Waals surface area contributed by atoms with Crippen LogP contribution in [0, 0.1) is 5.41 Å². The van der Waals surface area contributed by atoms with Crippen LogP contribution in [-0.4, -0.2) is 41.7 Å². The summed E-state index contributed by atoms with van der Waals surface area (Å²) in [6.45, 7) is 3.01. The fourth-order valence-electron chi connectivity index (χ4n) is 5.67. The highest BCUT2D eigenvalue weighted by atomic mass is 16.5. The van der Waals surface area contributed by atoms with Gasteiger partial charge in [0, 0.05) is 19.5 Å². The van der Waals surface area contributed by atoms with Gasteiger partial charge >= 0.3 is 5.97 Å². The molecule has 1 aromatic rings. The molecule has 0 atom stereocenters. The summed E-state index contributed by atoms with van der Waals surface area (Å²) in [4.78, 5) is 13.0. The SMILES string of the molecule is O=C(O)CCCCN1CC=C(c2ccc(OC3CCC4(CCCC4)CC3)cc2)CC1. The summed E-state index contributed by atoms with van der Waals surface area (Å²) < 4.78 is 6.32. The second-order valence-corrected chi connectivity index (χ2v) is 9.68. The third kappa shape index (κ3) is 5.66. The molecule has 1 aromatic carbocycles. The lowest BCUT2D eigenvalue weighted by Crippen LogP contribution is -2.30. The quantitative estimate of drug-likeness (QED) is 0.540. The minimum Gasteiger partial charge on any atom is -0.490 e. The van der Waals surface area contributed by atoms with Gasteiger partial charge in [-0.1, -0.05) is 31.1 Å². The molecule has 0 aromatic heterocycles. The number of nitrogens with zero attached hydrogens (tertiary/aromatic N) is 1. The van der Waals surface area contributed by atoms with Gasteiger partial charge in [-0.15, -0.1) is 0 Å². The van der Waals surface area contributed by atoms with Gasteiger partial charge in [-0.2, -0.15) is 0 Å². The van der Waals surface area contributed by atoms with Crippen LogP contribution in [0.4, 0.5) is 0 Å². The second kappa shape index (κ2) is 10.00. The molecule has 3 aliphatic rings. The molecule has 0 radical (unpaired) electrons. The van der Waals surface area contributed by atoms with Crippen molar-refractivity contribution < 1.29 is 14.6 Å². The van der Waals surface area contributed by atoms with Crippen LogP contribution < -0.4 is 4.74 Å². The van der Waals surface area contributed by atoms with Crippen LogP contribution in [0.5, 0.6) is 5.75 Å². The van der Waals surface area contributed by atoms with E-state index in [1.54, 1.807) is 0 Å². The molecule has 4 nitrogen and oxygen atoms in total. The van der Waals surface area contributed by atoms with Crippen LogP contribution in [-0.2, 0) is 4.79 Å². The Hall–Kier alpha value is -1.81. The standard InChI is InChI=1S/C26H37NO3/c28-25(29)5-1-4-18-27-19-12-22(13-20-27)21-6-8-23(9-7-21)30-24-10-16-26(17-11-24)14-2-3-15-26/h6-9,12,24H,1-5,10-11,13-20H2,(H,28,29). The van der Waals surface area contributed by atoms with Crippen molar-refractivity contribution in [3.63, 3.8) is 0 Å². The molecular weight excluding hydrogens is 374 g/mol. The van der Waals surface area contributed by atoms with E-state index >= 15 is 0 Å². The summed E-state index contributed by atoms with van der Waals surface area (Å²) in [5, 5.41) is 8.73. The zero-order valence-electron chi connectivity index (χ0n) is 18.3. The molecule has 1 spiro atoms. The van der Waals surface area contributed by atoms with Crippen LogP contribution in [0.15, 0.2) is 30.3 Å². The van der Waals surface area contributed by atoms with Crippen molar-refractivity contribution in [3.8, 4) is 5.75 Å². The van der Waals surface area contributed by atoms with Crippen LogP contribution in [0.2, 0.25) is 0 Å². The van der Waals surface area contributed by atoms with Gasteiger partial charge in [-0.05, 0) is 93.0 Å². The molecule has 2 aliphatic carbocycles. The van der Waals surface area contributed by atoms with Crippen molar-refractivity contribution in [2.45, 2.75) is 83.2 Å². The predicted molar refractivity (Wildman–Crippen MR) is 121 cm³/mol. The lowest BCUT2D eigenvalue weighted by Gasteiger charge is -2.37. The fourth-order valence-corrected chi connectivity index (χ4v) is 5.67. The van der Waals surface area contributed by atoms with E-state index in [2.05, 4.69) is 35.2 Å². The predicted octanol–water partition coefficient (Wildman–Crippen LogP) is 5.91. The van der Waals surface area contributed by atoms with Crippen LogP contribution in [0.3, 0.4) is 0 Å². The molecule has 1 aliphatic heterocycles.